The molecule has 16 heavy (non-hydrogen) atoms. The van der Waals surface area contributed by atoms with Crippen molar-refractivity contribution in [1.29, 1.82) is 0 Å². The summed E-state index contributed by atoms with van der Waals surface area (Å²) >= 11 is 0. The Morgan fingerprint density at radius 2 is 2.00 bits per heavy atom. The molecule has 0 atom stereocenters. The van der Waals surface area contributed by atoms with Gasteiger partial charge in [-0.25, -0.2) is 0 Å². The van der Waals surface area contributed by atoms with Crippen LogP contribution < -0.4 is 5.32 Å². The molecule has 0 aromatic heterocycles. The molecule has 5 nitrogen and oxygen atoms in total. The molecule has 0 saturated carbocycles. The van der Waals surface area contributed by atoms with Crippen LogP contribution in [-0.2, 0) is 14.3 Å². The third-order valence-corrected chi connectivity index (χ3v) is 2.39. The van der Waals surface area contributed by atoms with Crippen LogP contribution in [0.3, 0.4) is 0 Å². The minimum Gasteiger partial charge on any atom is -0.481 e. The van der Waals surface area contributed by atoms with Gasteiger partial charge in [0.05, 0.1) is 25.2 Å². The highest BCUT2D eigenvalue weighted by Gasteiger charge is 2.40. The second kappa shape index (κ2) is 5.12. The summed E-state index contributed by atoms with van der Waals surface area (Å²) in [5.74, 6) is -0.821. The van der Waals surface area contributed by atoms with Gasteiger partial charge in [-0.1, -0.05) is 0 Å². The molecule has 0 aromatic rings. The highest BCUT2D eigenvalue weighted by atomic mass is 16.5. The van der Waals surface area contributed by atoms with E-state index < -0.39 is 11.6 Å². The standard InChI is InChI=1S/C11H21NO4/c1-10(2,3)15-4-5-16-11(6-9(13)14)7-12-8-11/h12H,4-8H2,1-3H3,(H,13,14). The number of hydrogen-bond acceptors (Lipinski definition) is 4. The maximum atomic E-state index is 10.7. The largest absolute Gasteiger partial charge is 0.481 e. The Morgan fingerprint density at radius 1 is 1.38 bits per heavy atom. The Hall–Kier alpha value is -0.650. The van der Waals surface area contributed by atoms with Gasteiger partial charge in [-0.3, -0.25) is 4.79 Å². The first kappa shape index (κ1) is 13.4. The molecular weight excluding hydrogens is 210 g/mol. The van der Waals surface area contributed by atoms with Crippen molar-refractivity contribution in [2.75, 3.05) is 26.3 Å². The fraction of sp³-hybridized carbons (Fsp3) is 0.909. The number of carbonyl (C=O) groups is 1. The van der Waals surface area contributed by atoms with Crippen LogP contribution in [-0.4, -0.2) is 48.6 Å². The smallest absolute Gasteiger partial charge is 0.306 e. The molecule has 2 N–H and O–H groups in total. The van der Waals surface area contributed by atoms with E-state index in [1.54, 1.807) is 0 Å². The van der Waals surface area contributed by atoms with Gasteiger partial charge >= 0.3 is 5.97 Å². The molecule has 0 radical (unpaired) electrons. The molecule has 0 amide bonds. The van der Waals surface area contributed by atoms with Crippen molar-refractivity contribution < 1.29 is 19.4 Å². The fourth-order valence-electron chi connectivity index (χ4n) is 1.56. The van der Waals surface area contributed by atoms with Crippen LogP contribution >= 0.6 is 0 Å². The summed E-state index contributed by atoms with van der Waals surface area (Å²) in [5.41, 5.74) is -0.700. The zero-order valence-corrected chi connectivity index (χ0v) is 10.2. The normalized spacial score (nSPS) is 19.2. The van der Waals surface area contributed by atoms with E-state index in [1.807, 2.05) is 20.8 Å². The lowest BCUT2D eigenvalue weighted by Crippen LogP contribution is -2.62. The average Bonchev–Trinajstić information content (AvgIpc) is 2.05. The first-order valence-electron chi connectivity index (χ1n) is 5.53. The molecule has 0 aromatic carbocycles. The zero-order chi connectivity index (χ0) is 12.2. The zero-order valence-electron chi connectivity index (χ0n) is 10.2. The summed E-state index contributed by atoms with van der Waals surface area (Å²) in [6.45, 7) is 8.07. The van der Waals surface area contributed by atoms with Crippen molar-refractivity contribution >= 4 is 5.97 Å². The van der Waals surface area contributed by atoms with Gasteiger partial charge in [-0.2, -0.15) is 0 Å². The first-order valence-corrected chi connectivity index (χ1v) is 5.53. The van der Waals surface area contributed by atoms with Crippen molar-refractivity contribution in [1.82, 2.24) is 5.32 Å². The van der Waals surface area contributed by atoms with E-state index in [0.29, 0.717) is 26.3 Å². The molecule has 5 heteroatoms. The number of carboxylic acid groups (broad SMARTS) is 1. The summed E-state index contributed by atoms with van der Waals surface area (Å²) in [6, 6.07) is 0. The lowest BCUT2D eigenvalue weighted by molar-refractivity contribution is -0.154. The maximum absolute atomic E-state index is 10.7. The quantitative estimate of drug-likeness (QED) is 0.656. The monoisotopic (exact) mass is 231 g/mol. The molecule has 0 spiro atoms. The molecule has 1 rings (SSSR count). The predicted octanol–water partition coefficient (Wildman–Crippen LogP) is 0.635. The van der Waals surface area contributed by atoms with Gasteiger partial charge in [-0.05, 0) is 20.8 Å². The van der Waals surface area contributed by atoms with Gasteiger partial charge in [0.15, 0.2) is 0 Å². The van der Waals surface area contributed by atoms with E-state index in [9.17, 15) is 4.79 Å². The summed E-state index contributed by atoms with van der Waals surface area (Å²) < 4.78 is 11.1. The number of nitrogens with one attached hydrogen (secondary N) is 1. The van der Waals surface area contributed by atoms with Gasteiger partial charge in [0.1, 0.15) is 5.60 Å². The lowest BCUT2D eigenvalue weighted by atomic mass is 9.93. The number of hydrogen-bond donors (Lipinski definition) is 2. The Kier molecular flexibility index (Phi) is 4.29. The highest BCUT2D eigenvalue weighted by Crippen LogP contribution is 2.21. The Balaban J connectivity index is 2.22. The van der Waals surface area contributed by atoms with Crippen LogP contribution in [0.4, 0.5) is 0 Å². The van der Waals surface area contributed by atoms with E-state index in [-0.39, 0.29) is 12.0 Å². The molecule has 1 fully saturated rings. The van der Waals surface area contributed by atoms with Crippen LogP contribution in [0.5, 0.6) is 0 Å². The number of aliphatic carboxylic acids is 1. The molecule has 94 valence electrons. The second-order valence-electron chi connectivity index (χ2n) is 5.17. The Labute approximate surface area is 96.1 Å². The Morgan fingerprint density at radius 3 is 2.38 bits per heavy atom. The third-order valence-electron chi connectivity index (χ3n) is 2.39. The fourth-order valence-corrected chi connectivity index (χ4v) is 1.56. The molecular formula is C11H21NO4. The second-order valence-corrected chi connectivity index (χ2v) is 5.17. The van der Waals surface area contributed by atoms with Crippen LogP contribution in [0.15, 0.2) is 0 Å². The van der Waals surface area contributed by atoms with Crippen molar-refractivity contribution in [2.24, 2.45) is 0 Å². The lowest BCUT2D eigenvalue weighted by Gasteiger charge is -2.41. The van der Waals surface area contributed by atoms with Gasteiger partial charge < -0.3 is 19.9 Å². The average molecular weight is 231 g/mol. The third kappa shape index (κ3) is 4.47. The summed E-state index contributed by atoms with van der Waals surface area (Å²) in [4.78, 5) is 10.7. The van der Waals surface area contributed by atoms with Gasteiger partial charge in [0.25, 0.3) is 0 Å². The van der Waals surface area contributed by atoms with Crippen LogP contribution in [0.25, 0.3) is 0 Å². The van der Waals surface area contributed by atoms with Gasteiger partial charge in [0, 0.05) is 13.1 Å². The molecule has 1 aliphatic rings. The van der Waals surface area contributed by atoms with Gasteiger partial charge in [-0.15, -0.1) is 0 Å². The van der Waals surface area contributed by atoms with E-state index >= 15 is 0 Å². The van der Waals surface area contributed by atoms with E-state index in [2.05, 4.69) is 5.32 Å². The topological polar surface area (TPSA) is 67.8 Å². The van der Waals surface area contributed by atoms with Crippen LogP contribution in [0.1, 0.15) is 27.2 Å². The van der Waals surface area contributed by atoms with E-state index in [1.165, 1.54) is 0 Å². The first-order chi connectivity index (χ1) is 7.33. The van der Waals surface area contributed by atoms with Crippen LogP contribution in [0, 0.1) is 0 Å². The minimum atomic E-state index is -0.821. The minimum absolute atomic E-state index is 0.0511. The Bertz CT molecular complexity index is 243. The predicted molar refractivity (Wildman–Crippen MR) is 59.5 cm³/mol. The molecule has 0 bridgehead atoms. The molecule has 1 aliphatic heterocycles. The van der Waals surface area contributed by atoms with Gasteiger partial charge in [0.2, 0.25) is 0 Å². The molecule has 0 unspecified atom stereocenters. The number of ether oxygens (including phenoxy) is 2. The SMILES string of the molecule is CC(C)(C)OCCOC1(CC(=O)O)CNC1. The van der Waals surface area contributed by atoms with Crippen molar-refractivity contribution in [3.63, 3.8) is 0 Å². The number of carboxylic acids is 1. The van der Waals surface area contributed by atoms with Crippen molar-refractivity contribution in [2.45, 2.75) is 38.4 Å². The molecule has 1 saturated heterocycles. The van der Waals surface area contributed by atoms with Crippen molar-refractivity contribution in [3.05, 3.63) is 0 Å². The van der Waals surface area contributed by atoms with E-state index in [0.717, 1.165) is 0 Å². The maximum Gasteiger partial charge on any atom is 0.306 e. The highest BCUT2D eigenvalue weighted by molar-refractivity contribution is 5.68. The molecule has 0 aliphatic carbocycles. The van der Waals surface area contributed by atoms with Crippen molar-refractivity contribution in [3.8, 4) is 0 Å². The van der Waals surface area contributed by atoms with E-state index in [4.69, 9.17) is 14.6 Å². The summed E-state index contributed by atoms with van der Waals surface area (Å²) in [5, 5.41) is 11.8. The summed E-state index contributed by atoms with van der Waals surface area (Å²) in [6.07, 6.45) is 0.0511. The number of rotatable bonds is 6. The molecule has 1 heterocycles. The van der Waals surface area contributed by atoms with Crippen LogP contribution in [0.2, 0.25) is 0 Å². The summed E-state index contributed by atoms with van der Waals surface area (Å²) in [7, 11) is 0.